The van der Waals surface area contributed by atoms with Crippen LogP contribution in [0.25, 0.3) is 0 Å². The third-order valence-corrected chi connectivity index (χ3v) is 7.49. The summed E-state index contributed by atoms with van der Waals surface area (Å²) in [6.07, 6.45) is 36.7. The summed E-state index contributed by atoms with van der Waals surface area (Å²) >= 11 is 0. The van der Waals surface area contributed by atoms with Crippen molar-refractivity contribution in [2.75, 3.05) is 0 Å². The van der Waals surface area contributed by atoms with Crippen molar-refractivity contribution in [3.63, 3.8) is 0 Å². The van der Waals surface area contributed by atoms with E-state index in [1.165, 1.54) is 161 Å². The maximum Gasteiger partial charge on any atom is -0.0443 e. The van der Waals surface area contributed by atoms with Crippen molar-refractivity contribution in [2.45, 2.75) is 188 Å². The molecule has 0 aromatic heterocycles. The quantitative estimate of drug-likeness (QED) is 0.118. The SMILES string of the molecule is CCCCCCCCCCCCCCCCCCC(C)CCCCCC(C)CCCC. The second kappa shape index (κ2) is 26.3. The van der Waals surface area contributed by atoms with E-state index in [4.69, 9.17) is 0 Å². The fourth-order valence-corrected chi connectivity index (χ4v) is 5.04. The Labute approximate surface area is 200 Å². The van der Waals surface area contributed by atoms with Crippen molar-refractivity contribution in [3.05, 3.63) is 0 Å². The Morgan fingerprint density at radius 1 is 0.290 bits per heavy atom. The molecule has 0 nitrogen and oxygen atoms in total. The molecule has 0 N–H and O–H groups in total. The fourth-order valence-electron chi connectivity index (χ4n) is 5.04. The molecule has 188 valence electrons. The minimum Gasteiger partial charge on any atom is -0.0654 e. The first-order chi connectivity index (χ1) is 15.2. The Hall–Kier alpha value is 0. The molecule has 0 spiro atoms. The largest absolute Gasteiger partial charge is 0.0654 e. The van der Waals surface area contributed by atoms with Gasteiger partial charge in [0.15, 0.2) is 0 Å². The van der Waals surface area contributed by atoms with Gasteiger partial charge in [-0.2, -0.15) is 0 Å². The van der Waals surface area contributed by atoms with Gasteiger partial charge < -0.3 is 0 Å². The van der Waals surface area contributed by atoms with Gasteiger partial charge in [-0.3, -0.25) is 0 Å². The molecule has 0 heteroatoms. The molecule has 0 radical (unpaired) electrons. The smallest absolute Gasteiger partial charge is 0.0443 e. The molecule has 0 aliphatic rings. The van der Waals surface area contributed by atoms with E-state index in [2.05, 4.69) is 27.7 Å². The molecule has 0 saturated carbocycles. The third-order valence-electron chi connectivity index (χ3n) is 7.49. The lowest BCUT2D eigenvalue weighted by Crippen LogP contribution is -1.97. The Morgan fingerprint density at radius 3 is 0.839 bits per heavy atom. The molecule has 0 aliphatic heterocycles. The van der Waals surface area contributed by atoms with Gasteiger partial charge in [0, 0.05) is 0 Å². The van der Waals surface area contributed by atoms with E-state index in [0.717, 1.165) is 11.8 Å². The summed E-state index contributed by atoms with van der Waals surface area (Å²) in [6.45, 7) is 9.57. The first-order valence-corrected chi connectivity index (χ1v) is 15.2. The van der Waals surface area contributed by atoms with Crippen molar-refractivity contribution >= 4 is 0 Å². The zero-order chi connectivity index (χ0) is 22.8. The predicted octanol–water partition coefficient (Wildman–Crippen LogP) is 12.1. The molecular formula is C31H64. The van der Waals surface area contributed by atoms with Crippen LogP contribution in [0.15, 0.2) is 0 Å². The third kappa shape index (κ3) is 26.1. The van der Waals surface area contributed by atoms with Crippen LogP contribution in [0.4, 0.5) is 0 Å². The minimum atomic E-state index is 0.961. The Bertz CT molecular complexity index is 307. The Kier molecular flexibility index (Phi) is 26.3. The topological polar surface area (TPSA) is 0 Å². The monoisotopic (exact) mass is 437 g/mol. The van der Waals surface area contributed by atoms with E-state index in [0.29, 0.717) is 0 Å². The molecular weight excluding hydrogens is 372 g/mol. The summed E-state index contributed by atoms with van der Waals surface area (Å²) in [6, 6.07) is 0. The molecule has 0 heterocycles. The molecule has 2 unspecified atom stereocenters. The molecule has 0 aromatic rings. The first-order valence-electron chi connectivity index (χ1n) is 15.2. The molecule has 2 atom stereocenters. The normalized spacial score (nSPS) is 13.5. The van der Waals surface area contributed by atoms with E-state index in [-0.39, 0.29) is 0 Å². The fraction of sp³-hybridized carbons (Fsp3) is 1.00. The summed E-state index contributed by atoms with van der Waals surface area (Å²) in [4.78, 5) is 0. The van der Waals surface area contributed by atoms with Crippen LogP contribution in [-0.2, 0) is 0 Å². The van der Waals surface area contributed by atoms with Crippen LogP contribution in [-0.4, -0.2) is 0 Å². The predicted molar refractivity (Wildman–Crippen MR) is 145 cm³/mol. The number of hydrogen-bond acceptors (Lipinski definition) is 0. The molecule has 0 saturated heterocycles. The van der Waals surface area contributed by atoms with Gasteiger partial charge in [-0.15, -0.1) is 0 Å². The molecule has 0 fully saturated rings. The minimum absolute atomic E-state index is 0.961. The van der Waals surface area contributed by atoms with Gasteiger partial charge in [0.05, 0.1) is 0 Å². The van der Waals surface area contributed by atoms with Crippen LogP contribution in [0.2, 0.25) is 0 Å². The van der Waals surface area contributed by atoms with E-state index < -0.39 is 0 Å². The van der Waals surface area contributed by atoms with E-state index >= 15 is 0 Å². The molecule has 0 bridgehead atoms. The zero-order valence-electron chi connectivity index (χ0n) is 22.8. The standard InChI is InChI=1S/C31H64/c1-5-7-9-10-11-12-13-14-15-16-17-18-19-20-21-23-27-31(4)29-25-22-24-28-30(3)26-8-6-2/h30-31H,5-29H2,1-4H3. The highest BCUT2D eigenvalue weighted by Gasteiger charge is 2.04. The van der Waals surface area contributed by atoms with Crippen LogP contribution in [0.1, 0.15) is 188 Å². The lowest BCUT2D eigenvalue weighted by molar-refractivity contribution is 0.411. The van der Waals surface area contributed by atoms with Gasteiger partial charge in [0.2, 0.25) is 0 Å². The highest BCUT2D eigenvalue weighted by Crippen LogP contribution is 2.20. The summed E-state index contributed by atoms with van der Waals surface area (Å²) in [7, 11) is 0. The van der Waals surface area contributed by atoms with Crippen LogP contribution in [0.5, 0.6) is 0 Å². The second-order valence-electron chi connectivity index (χ2n) is 11.1. The summed E-state index contributed by atoms with van der Waals surface area (Å²) < 4.78 is 0. The summed E-state index contributed by atoms with van der Waals surface area (Å²) in [5.41, 5.74) is 0. The van der Waals surface area contributed by atoms with Crippen LogP contribution in [0.3, 0.4) is 0 Å². The number of unbranched alkanes of at least 4 members (excludes halogenated alkanes) is 18. The molecule has 31 heavy (non-hydrogen) atoms. The van der Waals surface area contributed by atoms with Crippen molar-refractivity contribution in [2.24, 2.45) is 11.8 Å². The van der Waals surface area contributed by atoms with Crippen molar-refractivity contribution in [1.29, 1.82) is 0 Å². The Morgan fingerprint density at radius 2 is 0.516 bits per heavy atom. The summed E-state index contributed by atoms with van der Waals surface area (Å²) in [5, 5.41) is 0. The van der Waals surface area contributed by atoms with Gasteiger partial charge in [0.1, 0.15) is 0 Å². The van der Waals surface area contributed by atoms with E-state index in [9.17, 15) is 0 Å². The van der Waals surface area contributed by atoms with Gasteiger partial charge in [-0.25, -0.2) is 0 Å². The van der Waals surface area contributed by atoms with Gasteiger partial charge in [0.25, 0.3) is 0 Å². The first kappa shape index (κ1) is 31.0. The van der Waals surface area contributed by atoms with Crippen molar-refractivity contribution in [3.8, 4) is 0 Å². The lowest BCUT2D eigenvalue weighted by Gasteiger charge is -2.12. The van der Waals surface area contributed by atoms with Crippen LogP contribution >= 0.6 is 0 Å². The van der Waals surface area contributed by atoms with Gasteiger partial charge in [-0.1, -0.05) is 188 Å². The molecule has 0 aromatic carbocycles. The number of rotatable bonds is 26. The average Bonchev–Trinajstić information content (AvgIpc) is 2.77. The van der Waals surface area contributed by atoms with E-state index in [1.807, 2.05) is 0 Å². The van der Waals surface area contributed by atoms with Crippen molar-refractivity contribution in [1.82, 2.24) is 0 Å². The molecule has 0 aliphatic carbocycles. The van der Waals surface area contributed by atoms with Crippen LogP contribution < -0.4 is 0 Å². The van der Waals surface area contributed by atoms with Crippen LogP contribution in [0, 0.1) is 11.8 Å². The van der Waals surface area contributed by atoms with Crippen molar-refractivity contribution < 1.29 is 0 Å². The zero-order valence-corrected chi connectivity index (χ0v) is 22.8. The molecule has 0 rings (SSSR count). The average molecular weight is 437 g/mol. The molecule has 0 amide bonds. The van der Waals surface area contributed by atoms with E-state index in [1.54, 1.807) is 0 Å². The maximum absolute atomic E-state index is 2.50. The Balaban J connectivity index is 3.18. The highest BCUT2D eigenvalue weighted by atomic mass is 14.1. The second-order valence-corrected chi connectivity index (χ2v) is 11.1. The summed E-state index contributed by atoms with van der Waals surface area (Å²) in [5.74, 6) is 1.92. The van der Waals surface area contributed by atoms with Gasteiger partial charge in [-0.05, 0) is 11.8 Å². The highest BCUT2D eigenvalue weighted by molar-refractivity contribution is 4.58. The maximum atomic E-state index is 2.50. The number of hydrogen-bond donors (Lipinski definition) is 0. The lowest BCUT2D eigenvalue weighted by atomic mass is 9.94. The van der Waals surface area contributed by atoms with Gasteiger partial charge >= 0.3 is 0 Å².